The van der Waals surface area contributed by atoms with E-state index in [9.17, 15) is 0 Å². The van der Waals surface area contributed by atoms with Crippen LogP contribution in [-0.4, -0.2) is 0 Å². The van der Waals surface area contributed by atoms with E-state index in [1.807, 2.05) is 0 Å². The molecular weight excluding hydrogens is 190 g/mol. The predicted molar refractivity (Wildman–Crippen MR) is 1.37 cm³/mol. The Kier molecular flexibility index (Phi) is 52.0. The van der Waals surface area contributed by atoms with Gasteiger partial charge in [-0.1, -0.05) is 0 Å². The Balaban J connectivity index is -0.0000000150. The van der Waals surface area contributed by atoms with Gasteiger partial charge in [-0.05, 0) is 0 Å². The van der Waals surface area contributed by atoms with E-state index in [0.717, 1.165) is 0 Å². The van der Waals surface area contributed by atoms with Gasteiger partial charge in [0, 0.05) is 0 Å². The number of hydrogen-bond acceptors (Lipinski definition) is 3. The average molecular weight is 190 g/mol. The van der Waals surface area contributed by atoms with Crippen molar-refractivity contribution in [2.24, 2.45) is 0 Å². The van der Waals surface area contributed by atoms with Crippen LogP contribution in [0.15, 0.2) is 0 Å². The van der Waals surface area contributed by atoms with Crippen molar-refractivity contribution in [1.29, 1.82) is 0 Å². The summed E-state index contributed by atoms with van der Waals surface area (Å²) in [4.78, 5) is 0. The molecule has 0 saturated carbocycles. The van der Waals surface area contributed by atoms with Crippen molar-refractivity contribution in [3.63, 3.8) is 0 Å². The summed E-state index contributed by atoms with van der Waals surface area (Å²) in [6.45, 7) is 0. The first-order valence-corrected chi connectivity index (χ1v) is 3.24. The van der Waals surface area contributed by atoms with Gasteiger partial charge in [-0.2, -0.15) is 0 Å². The zero-order valence-corrected chi connectivity index (χ0v) is 7.00. The van der Waals surface area contributed by atoms with Crippen molar-refractivity contribution in [1.82, 2.24) is 0 Å². The van der Waals surface area contributed by atoms with E-state index in [1.54, 1.807) is 0 Å². The number of hydrogen-bond donors (Lipinski definition) is 0. The first-order valence-electron chi connectivity index (χ1n) is 0.548. The van der Waals surface area contributed by atoms with Gasteiger partial charge in [0.25, 0.3) is 0 Å². The fourth-order valence-corrected chi connectivity index (χ4v) is 0. The Labute approximate surface area is 78.3 Å². The second-order valence-electron chi connectivity index (χ2n) is 0.224. The standard InChI is InChI=1S/ClH.2Li.Nb.3O/h1H;;;;;;/q;2*+1;;;;-1/p-1. The monoisotopic (exact) mass is 190 g/mol. The fraction of sp³-hybridized carbons (Fsp3) is 0. The minimum absolute atomic E-state index is 0. The molecule has 32 valence electrons. The van der Waals surface area contributed by atoms with Crippen molar-refractivity contribution in [2.75, 3.05) is 0 Å². The quantitative estimate of drug-likeness (QED) is 0.356. The summed E-state index contributed by atoms with van der Waals surface area (Å²) in [5, 5.41) is 0. The van der Waals surface area contributed by atoms with Gasteiger partial charge >= 0.3 is 66.6 Å². The maximum atomic E-state index is 8.60. The van der Waals surface area contributed by atoms with E-state index in [4.69, 9.17) is 10.1 Å². The first kappa shape index (κ1) is 23.3. The molecule has 0 aromatic rings. The minimum atomic E-state index is -4.20. The van der Waals surface area contributed by atoms with E-state index in [1.165, 1.54) is 0 Å². The second kappa shape index (κ2) is 15.7. The van der Waals surface area contributed by atoms with E-state index in [2.05, 4.69) is 0 Å². The molecule has 0 aromatic heterocycles. The molecule has 0 rings (SSSR count). The van der Waals surface area contributed by atoms with Crippen LogP contribution in [0.3, 0.4) is 0 Å². The molecule has 0 atom stereocenters. The molecule has 0 unspecified atom stereocenters. The van der Waals surface area contributed by atoms with Crippen molar-refractivity contribution in [2.45, 2.75) is 0 Å². The molecule has 0 aromatic carbocycles. The molecule has 0 fully saturated rings. The number of halogens is 1. The summed E-state index contributed by atoms with van der Waals surface area (Å²) in [6, 6.07) is 0. The zero-order chi connectivity index (χ0) is 3.58. The summed E-state index contributed by atoms with van der Waals surface area (Å²) < 4.78 is 25.8. The van der Waals surface area contributed by atoms with E-state index in [0.29, 0.717) is 0 Å². The molecule has 7 heteroatoms. The fourth-order valence-electron chi connectivity index (χ4n) is 0. The van der Waals surface area contributed by atoms with Crippen LogP contribution in [0.4, 0.5) is 0 Å². The van der Waals surface area contributed by atoms with Crippen LogP contribution in [0.25, 0.3) is 0 Å². The molecule has 0 spiro atoms. The predicted octanol–water partition coefficient (Wildman–Crippen LogP) is -10.4. The third kappa shape index (κ3) is 81.8. The van der Waals surface area contributed by atoms with Gasteiger partial charge in [0.2, 0.25) is 0 Å². The molecule has 0 radical (unpaired) electrons. The van der Waals surface area contributed by atoms with Gasteiger partial charge in [-0.25, -0.2) is 0 Å². The second-order valence-corrected chi connectivity index (χ2v) is 1.32. The molecule has 0 bridgehead atoms. The van der Waals surface area contributed by atoms with E-state index >= 15 is 0 Å². The molecule has 0 aliphatic rings. The molecule has 3 nitrogen and oxygen atoms in total. The Bertz CT molecular complexity index is 61.3. The Morgan fingerprint density at radius 1 is 1.14 bits per heavy atom. The Morgan fingerprint density at radius 2 is 1.14 bits per heavy atom. The molecular formula is ClLi2NbO3. The van der Waals surface area contributed by atoms with Crippen LogP contribution in [0.5, 0.6) is 0 Å². The molecule has 0 N–H and O–H groups in total. The van der Waals surface area contributed by atoms with Crippen molar-refractivity contribution < 1.29 is 79.0 Å². The van der Waals surface area contributed by atoms with Crippen molar-refractivity contribution in [3.8, 4) is 0 Å². The van der Waals surface area contributed by atoms with Crippen LogP contribution in [0, 0.1) is 0 Å². The van der Waals surface area contributed by atoms with E-state index in [-0.39, 0.29) is 50.1 Å². The summed E-state index contributed by atoms with van der Waals surface area (Å²) in [5.74, 6) is 0. The molecule has 7 heavy (non-hydrogen) atoms. The van der Waals surface area contributed by atoms with Crippen molar-refractivity contribution in [3.05, 3.63) is 0 Å². The summed E-state index contributed by atoms with van der Waals surface area (Å²) in [7, 11) is 0. The third-order valence-corrected chi connectivity index (χ3v) is 0. The van der Waals surface area contributed by atoms with Crippen LogP contribution in [-0.2, 0) is 25.3 Å². The van der Waals surface area contributed by atoms with E-state index < -0.39 is 18.8 Å². The van der Waals surface area contributed by atoms with Gasteiger partial charge < -0.3 is 12.4 Å². The van der Waals surface area contributed by atoms with Gasteiger partial charge in [0.15, 0.2) is 0 Å². The molecule has 0 amide bonds. The SMILES string of the molecule is [Cl-].[Li+].[Li+].[O]=[Nb](=[O])[O-]. The van der Waals surface area contributed by atoms with Gasteiger partial charge in [0.1, 0.15) is 0 Å². The Hall–Kier alpha value is 1.79. The normalized spacial score (nSPS) is 3.57. The van der Waals surface area contributed by atoms with Crippen LogP contribution < -0.4 is 53.7 Å². The summed E-state index contributed by atoms with van der Waals surface area (Å²) >= 11 is -4.20. The van der Waals surface area contributed by atoms with Crippen LogP contribution >= 0.6 is 0 Å². The van der Waals surface area contributed by atoms with Crippen LogP contribution in [0.2, 0.25) is 0 Å². The molecule has 0 heterocycles. The third-order valence-electron chi connectivity index (χ3n) is 0. The summed E-state index contributed by atoms with van der Waals surface area (Å²) in [6.07, 6.45) is 0. The molecule has 0 aliphatic carbocycles. The van der Waals surface area contributed by atoms with Gasteiger partial charge in [-0.15, -0.1) is 0 Å². The zero-order valence-electron chi connectivity index (χ0n) is 4.05. The van der Waals surface area contributed by atoms with Gasteiger partial charge in [0.05, 0.1) is 0 Å². The average Bonchev–Trinajstić information content (AvgIpc) is 0.811. The number of rotatable bonds is 0. The van der Waals surface area contributed by atoms with Crippen LogP contribution in [0.1, 0.15) is 0 Å². The topological polar surface area (TPSA) is 57.2 Å². The van der Waals surface area contributed by atoms with Gasteiger partial charge in [-0.3, -0.25) is 0 Å². The van der Waals surface area contributed by atoms with Crippen molar-refractivity contribution >= 4 is 0 Å². The first-order chi connectivity index (χ1) is 1.73. The molecule has 0 saturated heterocycles. The summed E-state index contributed by atoms with van der Waals surface area (Å²) in [5.41, 5.74) is 0. The Morgan fingerprint density at radius 3 is 1.14 bits per heavy atom. The molecule has 0 aliphatic heterocycles. The maximum absolute atomic E-state index is 8.60.